The first-order chi connectivity index (χ1) is 10.3. The maximum Gasteiger partial charge on any atom is 0.338 e. The Labute approximate surface area is 143 Å². The molecule has 1 aromatic carbocycles. The lowest BCUT2D eigenvalue weighted by atomic mass is 10.0. The highest BCUT2D eigenvalue weighted by Gasteiger charge is 2.26. The van der Waals surface area contributed by atoms with Crippen LogP contribution < -0.4 is 10.0 Å². The van der Waals surface area contributed by atoms with Crippen LogP contribution >= 0.6 is 12.4 Å². The maximum absolute atomic E-state index is 12.6. The Morgan fingerprint density at radius 1 is 1.39 bits per heavy atom. The molecule has 6 nitrogen and oxygen atoms in total. The van der Waals surface area contributed by atoms with E-state index in [2.05, 4.69) is 14.8 Å². The fraction of sp³-hybridized carbons (Fsp3) is 0.533. The fourth-order valence-electron chi connectivity index (χ4n) is 2.76. The van der Waals surface area contributed by atoms with Gasteiger partial charge in [0.25, 0.3) is 0 Å². The minimum absolute atomic E-state index is 0. The number of piperidine rings is 1. The molecule has 0 saturated carbocycles. The molecule has 2 N–H and O–H groups in total. The second-order valence-electron chi connectivity index (χ2n) is 5.62. The van der Waals surface area contributed by atoms with Crippen molar-refractivity contribution in [2.45, 2.75) is 43.7 Å². The van der Waals surface area contributed by atoms with Gasteiger partial charge >= 0.3 is 5.97 Å². The lowest BCUT2D eigenvalue weighted by molar-refractivity contribution is 0.0599. The van der Waals surface area contributed by atoms with E-state index >= 15 is 0 Å². The lowest BCUT2D eigenvalue weighted by Gasteiger charge is -2.28. The van der Waals surface area contributed by atoms with Gasteiger partial charge in [-0.1, -0.05) is 6.07 Å². The number of methoxy groups -OCH3 is 1. The van der Waals surface area contributed by atoms with Gasteiger partial charge in [0.05, 0.1) is 17.6 Å². The van der Waals surface area contributed by atoms with Crippen LogP contribution in [0.2, 0.25) is 0 Å². The number of halogens is 1. The standard InChI is InChI=1S/C15H22N2O4S.ClH/c1-10-9-12(7-8-16-10)17-22(19,20)14-6-4-5-13(11(14)2)15(18)21-3;/h4-6,10,12,16-17H,7-9H2,1-3H3;1H. The van der Waals surface area contributed by atoms with E-state index < -0.39 is 16.0 Å². The van der Waals surface area contributed by atoms with Crippen LogP contribution in [0.25, 0.3) is 0 Å². The monoisotopic (exact) mass is 362 g/mol. The van der Waals surface area contributed by atoms with E-state index in [9.17, 15) is 13.2 Å². The van der Waals surface area contributed by atoms with Crippen LogP contribution in [0.1, 0.15) is 35.7 Å². The van der Waals surface area contributed by atoms with Crippen molar-refractivity contribution in [3.05, 3.63) is 29.3 Å². The van der Waals surface area contributed by atoms with Crippen molar-refractivity contribution >= 4 is 28.4 Å². The molecule has 0 bridgehead atoms. The molecular formula is C15H23ClN2O4S. The van der Waals surface area contributed by atoms with Gasteiger partial charge < -0.3 is 10.1 Å². The highest BCUT2D eigenvalue weighted by atomic mass is 35.5. The second kappa shape index (κ2) is 8.10. The molecule has 0 amide bonds. The molecular weight excluding hydrogens is 340 g/mol. The van der Waals surface area contributed by atoms with E-state index in [0.29, 0.717) is 5.56 Å². The van der Waals surface area contributed by atoms with Crippen LogP contribution in [-0.2, 0) is 14.8 Å². The Balaban J connectivity index is 0.00000264. The van der Waals surface area contributed by atoms with E-state index in [1.54, 1.807) is 19.1 Å². The van der Waals surface area contributed by atoms with Gasteiger partial charge in [0.2, 0.25) is 10.0 Å². The maximum atomic E-state index is 12.6. The van der Waals surface area contributed by atoms with E-state index in [4.69, 9.17) is 0 Å². The highest BCUT2D eigenvalue weighted by Crippen LogP contribution is 2.21. The van der Waals surface area contributed by atoms with E-state index in [1.807, 2.05) is 6.92 Å². The summed E-state index contributed by atoms with van der Waals surface area (Å²) in [5.41, 5.74) is 0.674. The number of hydrogen-bond donors (Lipinski definition) is 2. The average Bonchev–Trinajstić information content (AvgIpc) is 2.46. The van der Waals surface area contributed by atoms with Crippen LogP contribution in [0.4, 0.5) is 0 Å². The van der Waals surface area contributed by atoms with Gasteiger partial charge in [0.1, 0.15) is 0 Å². The molecule has 23 heavy (non-hydrogen) atoms. The normalized spacial score (nSPS) is 21.3. The third-order valence-corrected chi connectivity index (χ3v) is 5.59. The fourth-order valence-corrected chi connectivity index (χ4v) is 4.31. The average molecular weight is 363 g/mol. The summed E-state index contributed by atoms with van der Waals surface area (Å²) in [5, 5.41) is 3.28. The van der Waals surface area contributed by atoms with Gasteiger partial charge in [-0.2, -0.15) is 0 Å². The van der Waals surface area contributed by atoms with Gasteiger partial charge in [-0.3, -0.25) is 0 Å². The van der Waals surface area contributed by atoms with Crippen molar-refractivity contribution in [2.24, 2.45) is 0 Å². The zero-order valence-corrected chi connectivity index (χ0v) is 15.1. The molecule has 1 aliphatic rings. The van der Waals surface area contributed by atoms with Crippen molar-refractivity contribution in [1.29, 1.82) is 0 Å². The number of hydrogen-bond acceptors (Lipinski definition) is 5. The number of carbonyl (C=O) groups excluding carboxylic acids is 1. The molecule has 0 spiro atoms. The molecule has 1 saturated heterocycles. The Morgan fingerprint density at radius 2 is 2.09 bits per heavy atom. The Hall–Kier alpha value is -1.15. The molecule has 1 fully saturated rings. The molecule has 2 rings (SSSR count). The number of nitrogens with one attached hydrogen (secondary N) is 2. The first-order valence-electron chi connectivity index (χ1n) is 7.29. The second-order valence-corrected chi connectivity index (χ2v) is 7.30. The van der Waals surface area contributed by atoms with Gasteiger partial charge in [-0.05, 0) is 50.9 Å². The molecule has 2 unspecified atom stereocenters. The topological polar surface area (TPSA) is 84.5 Å². The first-order valence-corrected chi connectivity index (χ1v) is 8.77. The van der Waals surface area contributed by atoms with Crippen LogP contribution in [0.3, 0.4) is 0 Å². The Bertz CT molecular complexity index is 663. The summed E-state index contributed by atoms with van der Waals surface area (Å²) < 4.78 is 32.6. The Morgan fingerprint density at radius 3 is 2.70 bits per heavy atom. The summed E-state index contributed by atoms with van der Waals surface area (Å²) in [6, 6.07) is 4.81. The first kappa shape index (κ1) is 19.9. The summed E-state index contributed by atoms with van der Waals surface area (Å²) in [4.78, 5) is 11.8. The van der Waals surface area contributed by atoms with Crippen LogP contribution in [0, 0.1) is 6.92 Å². The number of sulfonamides is 1. The smallest absolute Gasteiger partial charge is 0.338 e. The van der Waals surface area contributed by atoms with Gasteiger partial charge in [-0.15, -0.1) is 12.4 Å². The molecule has 0 radical (unpaired) electrons. The summed E-state index contributed by atoms with van der Waals surface area (Å²) in [6.45, 7) is 4.44. The van der Waals surface area contributed by atoms with Crippen molar-refractivity contribution in [2.75, 3.05) is 13.7 Å². The predicted octanol–water partition coefficient (Wildman–Crippen LogP) is 1.62. The summed E-state index contributed by atoms with van der Waals surface area (Å²) >= 11 is 0. The van der Waals surface area contributed by atoms with Gasteiger partial charge in [0.15, 0.2) is 0 Å². The highest BCUT2D eigenvalue weighted by molar-refractivity contribution is 7.89. The van der Waals surface area contributed by atoms with Crippen molar-refractivity contribution in [3.63, 3.8) is 0 Å². The zero-order chi connectivity index (χ0) is 16.3. The molecule has 1 aliphatic heterocycles. The van der Waals surface area contributed by atoms with E-state index in [1.165, 1.54) is 13.2 Å². The van der Waals surface area contributed by atoms with Crippen molar-refractivity contribution < 1.29 is 17.9 Å². The molecule has 0 aliphatic carbocycles. The molecule has 2 atom stereocenters. The Kier molecular flexibility index (Phi) is 7.01. The molecule has 1 heterocycles. The number of esters is 1. The SMILES string of the molecule is COC(=O)c1cccc(S(=O)(=O)NC2CCNC(C)C2)c1C.Cl. The predicted molar refractivity (Wildman–Crippen MR) is 90.6 cm³/mol. The number of ether oxygens (including phenoxy) is 1. The quantitative estimate of drug-likeness (QED) is 0.795. The van der Waals surface area contributed by atoms with Crippen LogP contribution in [0.5, 0.6) is 0 Å². The van der Waals surface area contributed by atoms with Crippen molar-refractivity contribution in [3.8, 4) is 0 Å². The molecule has 130 valence electrons. The van der Waals surface area contributed by atoms with E-state index in [-0.39, 0.29) is 34.9 Å². The zero-order valence-electron chi connectivity index (χ0n) is 13.5. The van der Waals surface area contributed by atoms with Gasteiger partial charge in [-0.25, -0.2) is 17.9 Å². The molecule has 1 aromatic rings. The lowest BCUT2D eigenvalue weighted by Crippen LogP contribution is -2.46. The number of benzene rings is 1. The molecule has 0 aromatic heterocycles. The number of carbonyl (C=O) groups is 1. The van der Waals surface area contributed by atoms with Gasteiger partial charge in [0, 0.05) is 12.1 Å². The third kappa shape index (κ3) is 4.67. The summed E-state index contributed by atoms with van der Waals surface area (Å²) in [6.07, 6.45) is 1.49. The molecule has 8 heteroatoms. The summed E-state index contributed by atoms with van der Waals surface area (Å²) in [7, 11) is -2.39. The van der Waals surface area contributed by atoms with Crippen LogP contribution in [0.15, 0.2) is 23.1 Å². The number of rotatable bonds is 4. The minimum Gasteiger partial charge on any atom is -0.465 e. The third-order valence-electron chi connectivity index (χ3n) is 3.92. The largest absolute Gasteiger partial charge is 0.465 e. The van der Waals surface area contributed by atoms with E-state index in [0.717, 1.165) is 19.4 Å². The van der Waals surface area contributed by atoms with Crippen molar-refractivity contribution in [1.82, 2.24) is 10.0 Å². The van der Waals surface area contributed by atoms with Crippen LogP contribution in [-0.4, -0.2) is 40.1 Å². The summed E-state index contributed by atoms with van der Waals surface area (Å²) in [5.74, 6) is -0.537. The minimum atomic E-state index is -3.66.